The maximum atomic E-state index is 11.9. The van der Waals surface area contributed by atoms with Crippen molar-refractivity contribution in [2.45, 2.75) is 78.6 Å². The SMILES string of the molecule is C/C=C/C(=O)C(CCCCC)CCCCCC. The summed E-state index contributed by atoms with van der Waals surface area (Å²) < 4.78 is 0. The molecule has 0 spiro atoms. The average molecular weight is 238 g/mol. The molecule has 0 aliphatic carbocycles. The molecule has 0 N–H and O–H groups in total. The molecule has 100 valence electrons. The van der Waals surface area contributed by atoms with Gasteiger partial charge in [0.15, 0.2) is 5.78 Å². The van der Waals surface area contributed by atoms with Gasteiger partial charge in [-0.05, 0) is 25.8 Å². The Morgan fingerprint density at radius 2 is 1.47 bits per heavy atom. The third kappa shape index (κ3) is 9.14. The predicted octanol–water partition coefficient (Wildman–Crippen LogP) is 5.30. The lowest BCUT2D eigenvalue weighted by atomic mass is 9.91. The van der Waals surface area contributed by atoms with E-state index in [1.54, 1.807) is 6.08 Å². The van der Waals surface area contributed by atoms with Gasteiger partial charge < -0.3 is 0 Å². The first-order valence-corrected chi connectivity index (χ1v) is 7.42. The highest BCUT2D eigenvalue weighted by Gasteiger charge is 2.14. The van der Waals surface area contributed by atoms with Crippen molar-refractivity contribution in [3.63, 3.8) is 0 Å². The van der Waals surface area contributed by atoms with Crippen molar-refractivity contribution < 1.29 is 4.79 Å². The van der Waals surface area contributed by atoms with Crippen LogP contribution in [-0.2, 0) is 4.79 Å². The van der Waals surface area contributed by atoms with Crippen molar-refractivity contribution in [3.8, 4) is 0 Å². The smallest absolute Gasteiger partial charge is 0.158 e. The van der Waals surface area contributed by atoms with E-state index in [2.05, 4.69) is 13.8 Å². The summed E-state index contributed by atoms with van der Waals surface area (Å²) in [6, 6.07) is 0. The number of carbonyl (C=O) groups is 1. The second-order valence-corrected chi connectivity index (χ2v) is 4.94. The van der Waals surface area contributed by atoms with Gasteiger partial charge in [-0.1, -0.05) is 64.9 Å². The van der Waals surface area contributed by atoms with Gasteiger partial charge in [0.25, 0.3) is 0 Å². The Hall–Kier alpha value is -0.590. The molecule has 0 fully saturated rings. The van der Waals surface area contributed by atoms with E-state index in [1.807, 2.05) is 13.0 Å². The van der Waals surface area contributed by atoms with E-state index in [9.17, 15) is 4.79 Å². The highest BCUT2D eigenvalue weighted by Crippen LogP contribution is 2.19. The summed E-state index contributed by atoms with van der Waals surface area (Å²) in [7, 11) is 0. The molecule has 0 saturated carbocycles. The molecule has 0 aliphatic rings. The third-order valence-electron chi connectivity index (χ3n) is 3.30. The van der Waals surface area contributed by atoms with Gasteiger partial charge in [-0.15, -0.1) is 0 Å². The van der Waals surface area contributed by atoms with Gasteiger partial charge in [-0.25, -0.2) is 0 Å². The minimum atomic E-state index is 0.287. The Morgan fingerprint density at radius 3 is 2.00 bits per heavy atom. The quantitative estimate of drug-likeness (QED) is 0.353. The molecule has 0 radical (unpaired) electrons. The fourth-order valence-corrected chi connectivity index (χ4v) is 2.19. The lowest BCUT2D eigenvalue weighted by molar-refractivity contribution is -0.118. The zero-order valence-corrected chi connectivity index (χ0v) is 12.0. The van der Waals surface area contributed by atoms with E-state index in [0.29, 0.717) is 5.78 Å². The van der Waals surface area contributed by atoms with Crippen LogP contribution in [0.3, 0.4) is 0 Å². The van der Waals surface area contributed by atoms with Crippen LogP contribution in [-0.4, -0.2) is 5.78 Å². The number of rotatable bonds is 11. The Bertz CT molecular complexity index is 206. The van der Waals surface area contributed by atoms with Gasteiger partial charge in [0, 0.05) is 5.92 Å². The van der Waals surface area contributed by atoms with Crippen molar-refractivity contribution >= 4 is 5.78 Å². The summed E-state index contributed by atoms with van der Waals surface area (Å²) in [6.45, 7) is 6.37. The van der Waals surface area contributed by atoms with Crippen molar-refractivity contribution in [2.75, 3.05) is 0 Å². The molecule has 0 bridgehead atoms. The molecule has 0 aromatic carbocycles. The molecular weight excluding hydrogens is 208 g/mol. The second-order valence-electron chi connectivity index (χ2n) is 4.94. The van der Waals surface area contributed by atoms with E-state index in [-0.39, 0.29) is 5.92 Å². The van der Waals surface area contributed by atoms with Crippen LogP contribution in [0.5, 0.6) is 0 Å². The van der Waals surface area contributed by atoms with Crippen LogP contribution in [0, 0.1) is 5.92 Å². The molecular formula is C16H30O. The summed E-state index contributed by atoms with van der Waals surface area (Å²) in [5, 5.41) is 0. The first kappa shape index (κ1) is 16.4. The standard InChI is InChI=1S/C16H30O/c1-4-7-9-11-14-15(13-10-8-5-2)16(17)12-6-3/h6,12,15H,4-5,7-11,13-14H2,1-3H3/b12-6+. The van der Waals surface area contributed by atoms with Crippen molar-refractivity contribution in [2.24, 2.45) is 5.92 Å². The monoisotopic (exact) mass is 238 g/mol. The normalized spacial score (nSPS) is 13.1. The van der Waals surface area contributed by atoms with Crippen LogP contribution >= 0.6 is 0 Å². The highest BCUT2D eigenvalue weighted by molar-refractivity contribution is 5.91. The van der Waals surface area contributed by atoms with E-state index in [1.165, 1.54) is 44.9 Å². The van der Waals surface area contributed by atoms with Crippen LogP contribution in [0.15, 0.2) is 12.2 Å². The second kappa shape index (κ2) is 11.9. The maximum absolute atomic E-state index is 11.9. The molecule has 0 saturated heterocycles. The Labute approximate surface area is 108 Å². The Kier molecular flexibility index (Phi) is 11.5. The summed E-state index contributed by atoms with van der Waals surface area (Å²) >= 11 is 0. The Morgan fingerprint density at radius 1 is 0.941 bits per heavy atom. The van der Waals surface area contributed by atoms with Crippen LogP contribution in [0.25, 0.3) is 0 Å². The zero-order chi connectivity index (χ0) is 12.9. The number of unbranched alkanes of at least 4 members (excludes halogenated alkanes) is 5. The molecule has 1 unspecified atom stereocenters. The van der Waals surface area contributed by atoms with E-state index >= 15 is 0 Å². The van der Waals surface area contributed by atoms with Crippen LogP contribution in [0.2, 0.25) is 0 Å². The zero-order valence-electron chi connectivity index (χ0n) is 12.0. The lowest BCUT2D eigenvalue weighted by Crippen LogP contribution is -2.12. The van der Waals surface area contributed by atoms with Crippen molar-refractivity contribution in [1.29, 1.82) is 0 Å². The summed E-state index contributed by atoms with van der Waals surface area (Å²) in [6.07, 6.45) is 14.6. The fourth-order valence-electron chi connectivity index (χ4n) is 2.19. The molecule has 1 heteroatoms. The minimum Gasteiger partial charge on any atom is -0.295 e. The third-order valence-corrected chi connectivity index (χ3v) is 3.30. The van der Waals surface area contributed by atoms with E-state index in [0.717, 1.165) is 12.8 Å². The molecule has 0 aliphatic heterocycles. The van der Waals surface area contributed by atoms with E-state index < -0.39 is 0 Å². The number of ketones is 1. The first-order valence-electron chi connectivity index (χ1n) is 7.42. The average Bonchev–Trinajstić information content (AvgIpc) is 2.32. The fraction of sp³-hybridized carbons (Fsp3) is 0.812. The highest BCUT2D eigenvalue weighted by atomic mass is 16.1. The lowest BCUT2D eigenvalue weighted by Gasteiger charge is -2.13. The molecule has 0 heterocycles. The van der Waals surface area contributed by atoms with Gasteiger partial charge in [-0.2, -0.15) is 0 Å². The maximum Gasteiger partial charge on any atom is 0.158 e. The molecule has 0 amide bonds. The number of hydrogen-bond acceptors (Lipinski definition) is 1. The molecule has 1 atom stereocenters. The molecule has 0 aromatic rings. The van der Waals surface area contributed by atoms with Gasteiger partial charge >= 0.3 is 0 Å². The minimum absolute atomic E-state index is 0.287. The molecule has 0 aromatic heterocycles. The largest absolute Gasteiger partial charge is 0.295 e. The van der Waals surface area contributed by atoms with Gasteiger partial charge in [0.1, 0.15) is 0 Å². The number of allylic oxidation sites excluding steroid dienone is 2. The van der Waals surface area contributed by atoms with Crippen molar-refractivity contribution in [1.82, 2.24) is 0 Å². The number of carbonyl (C=O) groups excluding carboxylic acids is 1. The molecule has 1 nitrogen and oxygen atoms in total. The molecule has 0 rings (SSSR count). The molecule has 17 heavy (non-hydrogen) atoms. The number of hydrogen-bond donors (Lipinski definition) is 0. The van der Waals surface area contributed by atoms with Gasteiger partial charge in [-0.3, -0.25) is 4.79 Å². The van der Waals surface area contributed by atoms with E-state index in [4.69, 9.17) is 0 Å². The summed E-state index contributed by atoms with van der Waals surface area (Å²) in [5.74, 6) is 0.634. The van der Waals surface area contributed by atoms with Crippen LogP contribution in [0.4, 0.5) is 0 Å². The van der Waals surface area contributed by atoms with Crippen LogP contribution in [0.1, 0.15) is 78.6 Å². The topological polar surface area (TPSA) is 17.1 Å². The summed E-state index contributed by atoms with van der Waals surface area (Å²) in [4.78, 5) is 11.9. The van der Waals surface area contributed by atoms with Crippen molar-refractivity contribution in [3.05, 3.63) is 12.2 Å². The van der Waals surface area contributed by atoms with Crippen LogP contribution < -0.4 is 0 Å². The Balaban J connectivity index is 3.96. The predicted molar refractivity (Wildman–Crippen MR) is 76.2 cm³/mol. The van der Waals surface area contributed by atoms with Gasteiger partial charge in [0.2, 0.25) is 0 Å². The van der Waals surface area contributed by atoms with Gasteiger partial charge in [0.05, 0.1) is 0 Å². The summed E-state index contributed by atoms with van der Waals surface area (Å²) in [5.41, 5.74) is 0. The first-order chi connectivity index (χ1) is 8.26.